The van der Waals surface area contributed by atoms with Crippen molar-refractivity contribution in [3.63, 3.8) is 0 Å². The summed E-state index contributed by atoms with van der Waals surface area (Å²) >= 11 is 0. The average molecular weight is 243 g/mol. The summed E-state index contributed by atoms with van der Waals surface area (Å²) < 4.78 is 5.86. The van der Waals surface area contributed by atoms with Crippen molar-refractivity contribution in [1.29, 1.82) is 0 Å². The van der Waals surface area contributed by atoms with E-state index in [0.29, 0.717) is 6.04 Å². The number of hydrogen-bond acceptors (Lipinski definition) is 2. The maximum Gasteiger partial charge on any atom is 0.120 e. The molecule has 0 aliphatic heterocycles. The first kappa shape index (κ1) is 12.9. The van der Waals surface area contributed by atoms with Gasteiger partial charge in [0.05, 0.1) is 0 Å². The Balaban J connectivity index is 2.03. The van der Waals surface area contributed by atoms with E-state index in [1.54, 1.807) is 0 Å². The molecule has 1 N–H and O–H groups in total. The Kier molecular flexibility index (Phi) is 4.59. The second-order valence-corrected chi connectivity index (χ2v) is 4.59. The van der Waals surface area contributed by atoms with Gasteiger partial charge in [-0.15, -0.1) is 0 Å². The van der Waals surface area contributed by atoms with Gasteiger partial charge in [0.2, 0.25) is 0 Å². The van der Waals surface area contributed by atoms with Gasteiger partial charge in [0, 0.05) is 6.04 Å². The Labute approximate surface area is 109 Å². The van der Waals surface area contributed by atoms with Crippen LogP contribution in [0.5, 0.6) is 5.75 Å². The van der Waals surface area contributed by atoms with Crippen molar-refractivity contribution in [3.05, 3.63) is 42.5 Å². The molecule has 1 unspecified atom stereocenters. The van der Waals surface area contributed by atoms with Crippen molar-refractivity contribution in [2.45, 2.75) is 25.8 Å². The average Bonchev–Trinajstić information content (AvgIpc) is 2.43. The van der Waals surface area contributed by atoms with Crippen molar-refractivity contribution in [2.24, 2.45) is 0 Å². The van der Waals surface area contributed by atoms with Crippen LogP contribution in [0.3, 0.4) is 0 Å². The molecule has 2 rings (SSSR count). The molecule has 2 aromatic rings. The quantitative estimate of drug-likeness (QED) is 0.837. The summed E-state index contributed by atoms with van der Waals surface area (Å²) in [5.74, 6) is 0.949. The molecule has 0 saturated heterocycles. The van der Waals surface area contributed by atoms with Crippen molar-refractivity contribution >= 4 is 10.8 Å². The molecule has 0 saturated carbocycles. The van der Waals surface area contributed by atoms with Gasteiger partial charge in [-0.25, -0.2) is 0 Å². The highest BCUT2D eigenvalue weighted by Crippen LogP contribution is 2.20. The number of hydrogen-bond donors (Lipinski definition) is 1. The normalized spacial score (nSPS) is 12.6. The third-order valence-electron chi connectivity index (χ3n) is 3.22. The number of rotatable bonds is 6. The zero-order valence-corrected chi connectivity index (χ0v) is 11.1. The second-order valence-electron chi connectivity index (χ2n) is 4.59. The first-order valence-corrected chi connectivity index (χ1v) is 6.62. The molecule has 2 nitrogen and oxygen atoms in total. The summed E-state index contributed by atoms with van der Waals surface area (Å²) in [5, 5.41) is 5.77. The van der Waals surface area contributed by atoms with Gasteiger partial charge in [-0.05, 0) is 36.4 Å². The lowest BCUT2D eigenvalue weighted by atomic mass is 10.1. The summed E-state index contributed by atoms with van der Waals surface area (Å²) in [6, 6.07) is 15.0. The Morgan fingerprint density at radius 3 is 2.61 bits per heavy atom. The first-order chi connectivity index (χ1) is 8.83. The van der Waals surface area contributed by atoms with Gasteiger partial charge in [-0.2, -0.15) is 0 Å². The molecule has 0 aromatic heterocycles. The molecule has 0 spiro atoms. The molecule has 96 valence electrons. The maximum atomic E-state index is 5.86. The van der Waals surface area contributed by atoms with Crippen LogP contribution in [0.2, 0.25) is 0 Å². The molecular weight excluding hydrogens is 222 g/mol. The SMILES string of the molecule is CCCC(COc1ccc2ccccc2c1)NC. The predicted octanol–water partition coefficient (Wildman–Crippen LogP) is 3.61. The first-order valence-electron chi connectivity index (χ1n) is 6.62. The third kappa shape index (κ3) is 3.23. The Bertz CT molecular complexity index is 495. The second kappa shape index (κ2) is 6.41. The van der Waals surface area contributed by atoms with Gasteiger partial charge < -0.3 is 10.1 Å². The topological polar surface area (TPSA) is 21.3 Å². The van der Waals surface area contributed by atoms with E-state index in [0.717, 1.165) is 18.8 Å². The molecule has 2 aromatic carbocycles. The fourth-order valence-electron chi connectivity index (χ4n) is 2.11. The van der Waals surface area contributed by atoms with Crippen LogP contribution in [-0.2, 0) is 0 Å². The molecule has 0 aliphatic carbocycles. The fraction of sp³-hybridized carbons (Fsp3) is 0.375. The number of fused-ring (bicyclic) bond motifs is 1. The van der Waals surface area contributed by atoms with Crippen LogP contribution in [-0.4, -0.2) is 19.7 Å². The summed E-state index contributed by atoms with van der Waals surface area (Å²) in [7, 11) is 1.99. The third-order valence-corrected chi connectivity index (χ3v) is 3.22. The largest absolute Gasteiger partial charge is 0.492 e. The lowest BCUT2D eigenvalue weighted by molar-refractivity contribution is 0.263. The minimum atomic E-state index is 0.432. The lowest BCUT2D eigenvalue weighted by Crippen LogP contribution is -2.31. The molecule has 2 heteroatoms. The van der Waals surface area contributed by atoms with E-state index in [1.165, 1.54) is 17.2 Å². The highest BCUT2D eigenvalue weighted by Gasteiger charge is 2.05. The summed E-state index contributed by atoms with van der Waals surface area (Å²) in [6.07, 6.45) is 2.32. The van der Waals surface area contributed by atoms with E-state index in [9.17, 15) is 0 Å². The van der Waals surface area contributed by atoms with E-state index < -0.39 is 0 Å². The zero-order chi connectivity index (χ0) is 12.8. The highest BCUT2D eigenvalue weighted by molar-refractivity contribution is 5.83. The molecule has 0 aliphatic rings. The summed E-state index contributed by atoms with van der Waals surface area (Å²) in [5.41, 5.74) is 0. The Morgan fingerprint density at radius 2 is 1.89 bits per heavy atom. The van der Waals surface area contributed by atoms with Gasteiger partial charge in [0.25, 0.3) is 0 Å². The fourth-order valence-corrected chi connectivity index (χ4v) is 2.11. The molecule has 0 heterocycles. The highest BCUT2D eigenvalue weighted by atomic mass is 16.5. The minimum Gasteiger partial charge on any atom is -0.492 e. The molecule has 0 radical (unpaired) electrons. The smallest absolute Gasteiger partial charge is 0.120 e. The summed E-state index contributed by atoms with van der Waals surface area (Å²) in [4.78, 5) is 0. The zero-order valence-electron chi connectivity index (χ0n) is 11.1. The van der Waals surface area contributed by atoms with E-state index in [1.807, 2.05) is 13.1 Å². The van der Waals surface area contributed by atoms with Gasteiger partial charge >= 0.3 is 0 Å². The van der Waals surface area contributed by atoms with Gasteiger partial charge in [-0.1, -0.05) is 43.7 Å². The van der Waals surface area contributed by atoms with Gasteiger partial charge in [0.15, 0.2) is 0 Å². The standard InChI is InChI=1S/C16H21NO/c1-3-6-15(17-2)12-18-16-10-9-13-7-4-5-8-14(13)11-16/h4-5,7-11,15,17H,3,6,12H2,1-2H3. The number of ether oxygens (including phenoxy) is 1. The van der Waals surface area contributed by atoms with Crippen LogP contribution in [0.25, 0.3) is 10.8 Å². The van der Waals surface area contributed by atoms with Gasteiger partial charge in [0.1, 0.15) is 12.4 Å². The van der Waals surface area contributed by atoms with Crippen LogP contribution in [0.15, 0.2) is 42.5 Å². The monoisotopic (exact) mass is 243 g/mol. The van der Waals surface area contributed by atoms with Crippen molar-refractivity contribution in [1.82, 2.24) is 5.32 Å². The van der Waals surface area contributed by atoms with Crippen LogP contribution >= 0.6 is 0 Å². The van der Waals surface area contributed by atoms with Crippen LogP contribution in [0.1, 0.15) is 19.8 Å². The lowest BCUT2D eigenvalue weighted by Gasteiger charge is -2.16. The molecule has 0 amide bonds. The Hall–Kier alpha value is -1.54. The number of likely N-dealkylation sites (N-methyl/N-ethyl adjacent to an activating group) is 1. The van der Waals surface area contributed by atoms with Crippen LogP contribution < -0.4 is 10.1 Å². The van der Waals surface area contributed by atoms with E-state index >= 15 is 0 Å². The molecule has 18 heavy (non-hydrogen) atoms. The summed E-state index contributed by atoms with van der Waals surface area (Å²) in [6.45, 7) is 2.92. The Morgan fingerprint density at radius 1 is 1.11 bits per heavy atom. The van der Waals surface area contributed by atoms with Crippen LogP contribution in [0, 0.1) is 0 Å². The number of benzene rings is 2. The van der Waals surface area contributed by atoms with Crippen molar-refractivity contribution in [2.75, 3.05) is 13.7 Å². The number of nitrogens with one attached hydrogen (secondary N) is 1. The van der Waals surface area contributed by atoms with E-state index in [4.69, 9.17) is 4.74 Å². The van der Waals surface area contributed by atoms with Crippen molar-refractivity contribution < 1.29 is 4.74 Å². The predicted molar refractivity (Wildman–Crippen MR) is 77.2 cm³/mol. The molecular formula is C16H21NO. The molecule has 0 fully saturated rings. The minimum absolute atomic E-state index is 0.432. The van der Waals surface area contributed by atoms with Crippen molar-refractivity contribution in [3.8, 4) is 5.75 Å². The van der Waals surface area contributed by atoms with Gasteiger partial charge in [-0.3, -0.25) is 0 Å². The molecule has 1 atom stereocenters. The van der Waals surface area contributed by atoms with E-state index in [2.05, 4.69) is 48.6 Å². The van der Waals surface area contributed by atoms with Crippen LogP contribution in [0.4, 0.5) is 0 Å². The van der Waals surface area contributed by atoms with E-state index in [-0.39, 0.29) is 0 Å². The molecule has 0 bridgehead atoms. The maximum absolute atomic E-state index is 5.86.